The van der Waals surface area contributed by atoms with Gasteiger partial charge in [0.25, 0.3) is 0 Å². The molecule has 3 atom stereocenters. The molecule has 0 aromatic carbocycles. The van der Waals surface area contributed by atoms with Crippen LogP contribution in [0.5, 0.6) is 0 Å². The molecule has 0 bridgehead atoms. The van der Waals surface area contributed by atoms with Gasteiger partial charge in [-0.05, 0) is 18.8 Å². The van der Waals surface area contributed by atoms with E-state index in [1.54, 1.807) is 0 Å². The minimum absolute atomic E-state index is 0.107. The van der Waals surface area contributed by atoms with Gasteiger partial charge in [-0.25, -0.2) is 0 Å². The van der Waals surface area contributed by atoms with Crippen molar-refractivity contribution in [2.45, 2.75) is 45.3 Å². The van der Waals surface area contributed by atoms with Crippen molar-refractivity contribution in [1.29, 1.82) is 0 Å². The lowest BCUT2D eigenvalue weighted by molar-refractivity contribution is -0.123. The van der Waals surface area contributed by atoms with E-state index < -0.39 is 6.04 Å². The van der Waals surface area contributed by atoms with E-state index >= 15 is 0 Å². The first kappa shape index (κ1) is 12.5. The molecule has 0 aromatic heterocycles. The second-order valence-corrected chi connectivity index (χ2v) is 4.77. The summed E-state index contributed by atoms with van der Waals surface area (Å²) in [6.07, 6.45) is 2.66. The van der Waals surface area contributed by atoms with E-state index in [0.717, 1.165) is 19.3 Å². The van der Waals surface area contributed by atoms with Gasteiger partial charge in [-0.1, -0.05) is 20.3 Å². The Morgan fingerprint density at radius 3 is 2.67 bits per heavy atom. The van der Waals surface area contributed by atoms with Crippen molar-refractivity contribution >= 4 is 5.91 Å². The Balaban J connectivity index is 2.27. The summed E-state index contributed by atoms with van der Waals surface area (Å²) in [7, 11) is 0. The summed E-state index contributed by atoms with van der Waals surface area (Å²) in [5, 5.41) is 12.4. The normalized spacial score (nSPS) is 28.1. The van der Waals surface area contributed by atoms with Crippen molar-refractivity contribution in [3.8, 4) is 0 Å². The molecule has 0 heterocycles. The van der Waals surface area contributed by atoms with Crippen LogP contribution in [0.4, 0.5) is 0 Å². The van der Waals surface area contributed by atoms with Crippen LogP contribution in [0, 0.1) is 11.8 Å². The zero-order chi connectivity index (χ0) is 11.4. The lowest BCUT2D eigenvalue weighted by Crippen LogP contribution is -2.45. The first-order chi connectivity index (χ1) is 7.02. The summed E-state index contributed by atoms with van der Waals surface area (Å²) in [4.78, 5) is 11.5. The maximum absolute atomic E-state index is 11.5. The summed E-state index contributed by atoms with van der Waals surface area (Å²) in [5.41, 5.74) is 5.70. The maximum atomic E-state index is 11.5. The lowest BCUT2D eigenvalue weighted by Gasteiger charge is -2.19. The molecule has 0 aromatic rings. The molecule has 3 unspecified atom stereocenters. The fourth-order valence-electron chi connectivity index (χ4n) is 1.91. The van der Waals surface area contributed by atoms with Crippen LogP contribution < -0.4 is 11.1 Å². The van der Waals surface area contributed by atoms with Crippen molar-refractivity contribution in [3.05, 3.63) is 0 Å². The molecule has 4 nitrogen and oxygen atoms in total. The molecule has 1 fully saturated rings. The highest BCUT2D eigenvalue weighted by molar-refractivity contribution is 5.81. The Morgan fingerprint density at radius 1 is 1.53 bits per heavy atom. The highest BCUT2D eigenvalue weighted by atomic mass is 16.3. The van der Waals surface area contributed by atoms with Crippen LogP contribution in [0.3, 0.4) is 0 Å². The number of hydrogen-bond donors (Lipinski definition) is 3. The van der Waals surface area contributed by atoms with Gasteiger partial charge in [0.15, 0.2) is 0 Å². The van der Waals surface area contributed by atoms with E-state index in [0.29, 0.717) is 6.54 Å². The van der Waals surface area contributed by atoms with Crippen molar-refractivity contribution in [3.63, 3.8) is 0 Å². The Bertz CT molecular complexity index is 219. The van der Waals surface area contributed by atoms with Gasteiger partial charge in [0, 0.05) is 12.5 Å². The van der Waals surface area contributed by atoms with Crippen LogP contribution in [-0.4, -0.2) is 29.7 Å². The minimum Gasteiger partial charge on any atom is -0.393 e. The summed E-state index contributed by atoms with van der Waals surface area (Å²) in [6.45, 7) is 4.41. The van der Waals surface area contributed by atoms with Crippen molar-refractivity contribution in [2.24, 2.45) is 17.6 Å². The fourth-order valence-corrected chi connectivity index (χ4v) is 1.91. The topological polar surface area (TPSA) is 75.4 Å². The Labute approximate surface area is 91.2 Å². The van der Waals surface area contributed by atoms with Crippen LogP contribution in [-0.2, 0) is 4.79 Å². The van der Waals surface area contributed by atoms with E-state index in [9.17, 15) is 9.90 Å². The van der Waals surface area contributed by atoms with Gasteiger partial charge in [-0.15, -0.1) is 0 Å². The Kier molecular flexibility index (Phi) is 4.54. The second kappa shape index (κ2) is 5.47. The predicted molar refractivity (Wildman–Crippen MR) is 59.2 cm³/mol. The van der Waals surface area contributed by atoms with Crippen molar-refractivity contribution in [2.75, 3.05) is 6.54 Å². The van der Waals surface area contributed by atoms with Gasteiger partial charge in [0.2, 0.25) is 5.91 Å². The standard InChI is InChI=1S/C11H22N2O2/c1-7(2)10(12)11(15)13-6-8-4-3-5-9(8)14/h7-10,14H,3-6,12H2,1-2H3,(H,13,15). The smallest absolute Gasteiger partial charge is 0.237 e. The monoisotopic (exact) mass is 214 g/mol. The first-order valence-corrected chi connectivity index (χ1v) is 5.73. The summed E-state index contributed by atoms with van der Waals surface area (Å²) in [5.74, 6) is 0.260. The van der Waals surface area contributed by atoms with E-state index in [1.165, 1.54) is 0 Å². The molecule has 88 valence electrons. The summed E-state index contributed by atoms with van der Waals surface area (Å²) in [6, 6.07) is -0.441. The highest BCUT2D eigenvalue weighted by Gasteiger charge is 2.26. The Morgan fingerprint density at radius 2 is 2.20 bits per heavy atom. The largest absolute Gasteiger partial charge is 0.393 e. The summed E-state index contributed by atoms with van der Waals surface area (Å²) < 4.78 is 0. The van der Waals surface area contributed by atoms with E-state index in [-0.39, 0.29) is 23.8 Å². The zero-order valence-corrected chi connectivity index (χ0v) is 9.57. The molecule has 0 saturated heterocycles. The average molecular weight is 214 g/mol. The maximum Gasteiger partial charge on any atom is 0.237 e. The number of nitrogens with two attached hydrogens (primary N) is 1. The quantitative estimate of drug-likeness (QED) is 0.628. The summed E-state index contributed by atoms with van der Waals surface area (Å²) >= 11 is 0. The van der Waals surface area contributed by atoms with Gasteiger partial charge >= 0.3 is 0 Å². The zero-order valence-electron chi connectivity index (χ0n) is 9.57. The third-order valence-corrected chi connectivity index (χ3v) is 3.18. The molecule has 15 heavy (non-hydrogen) atoms. The number of aliphatic hydroxyl groups is 1. The molecule has 1 saturated carbocycles. The number of carbonyl (C=O) groups is 1. The van der Waals surface area contributed by atoms with Gasteiger partial charge in [-0.2, -0.15) is 0 Å². The van der Waals surface area contributed by atoms with Crippen LogP contribution in [0.2, 0.25) is 0 Å². The van der Waals surface area contributed by atoms with Crippen LogP contribution >= 0.6 is 0 Å². The number of amides is 1. The molecular formula is C11H22N2O2. The highest BCUT2D eigenvalue weighted by Crippen LogP contribution is 2.24. The molecule has 0 spiro atoms. The molecule has 0 aliphatic heterocycles. The molecule has 1 amide bonds. The van der Waals surface area contributed by atoms with Gasteiger partial charge < -0.3 is 16.2 Å². The molecule has 1 rings (SSSR count). The number of aliphatic hydroxyl groups excluding tert-OH is 1. The van der Waals surface area contributed by atoms with Gasteiger partial charge in [-0.3, -0.25) is 4.79 Å². The number of hydrogen-bond acceptors (Lipinski definition) is 3. The SMILES string of the molecule is CC(C)C(N)C(=O)NCC1CCCC1O. The fraction of sp³-hybridized carbons (Fsp3) is 0.909. The minimum atomic E-state index is -0.441. The molecule has 1 aliphatic rings. The third kappa shape index (κ3) is 3.47. The molecular weight excluding hydrogens is 192 g/mol. The molecule has 1 aliphatic carbocycles. The number of carbonyl (C=O) groups excluding carboxylic acids is 1. The van der Waals surface area contributed by atoms with E-state index in [4.69, 9.17) is 5.73 Å². The van der Waals surface area contributed by atoms with Crippen LogP contribution in [0.25, 0.3) is 0 Å². The van der Waals surface area contributed by atoms with Crippen LogP contribution in [0.15, 0.2) is 0 Å². The van der Waals surface area contributed by atoms with Gasteiger partial charge in [0.1, 0.15) is 0 Å². The molecule has 4 heteroatoms. The second-order valence-electron chi connectivity index (χ2n) is 4.77. The average Bonchev–Trinajstić information content (AvgIpc) is 2.59. The third-order valence-electron chi connectivity index (χ3n) is 3.18. The van der Waals surface area contributed by atoms with Crippen molar-refractivity contribution < 1.29 is 9.90 Å². The van der Waals surface area contributed by atoms with Crippen LogP contribution in [0.1, 0.15) is 33.1 Å². The lowest BCUT2D eigenvalue weighted by atomic mass is 10.0. The van der Waals surface area contributed by atoms with E-state index in [2.05, 4.69) is 5.32 Å². The van der Waals surface area contributed by atoms with E-state index in [1.807, 2.05) is 13.8 Å². The Hall–Kier alpha value is -0.610. The number of nitrogens with one attached hydrogen (secondary N) is 1. The first-order valence-electron chi connectivity index (χ1n) is 5.73. The van der Waals surface area contributed by atoms with Gasteiger partial charge in [0.05, 0.1) is 12.1 Å². The number of rotatable bonds is 4. The molecule has 0 radical (unpaired) electrons. The van der Waals surface area contributed by atoms with Crippen molar-refractivity contribution in [1.82, 2.24) is 5.32 Å². The predicted octanol–water partition coefficient (Wildman–Crippen LogP) is 0.247. The molecule has 4 N–H and O–H groups in total.